The summed E-state index contributed by atoms with van der Waals surface area (Å²) < 4.78 is 25.5. The van der Waals surface area contributed by atoms with E-state index in [1.807, 2.05) is 42.6 Å². The zero-order chi connectivity index (χ0) is 25.6. The normalized spacial score (nSPS) is 12.1. The minimum Gasteiger partial charge on any atom is -0.486 e. The van der Waals surface area contributed by atoms with Crippen molar-refractivity contribution in [1.29, 1.82) is 0 Å². The molecule has 0 bridgehead atoms. The van der Waals surface area contributed by atoms with Crippen molar-refractivity contribution in [2.45, 2.75) is 58.5 Å². The van der Waals surface area contributed by atoms with E-state index in [1.54, 1.807) is 12.1 Å². The van der Waals surface area contributed by atoms with Crippen LogP contribution in [0.25, 0.3) is 28.3 Å². The van der Waals surface area contributed by atoms with E-state index in [4.69, 9.17) is 9.47 Å². The Morgan fingerprint density at radius 1 is 0.944 bits per heavy atom. The van der Waals surface area contributed by atoms with Crippen molar-refractivity contribution in [1.82, 2.24) is 4.98 Å². The first-order chi connectivity index (χ1) is 17.6. The van der Waals surface area contributed by atoms with Gasteiger partial charge in [0.05, 0.1) is 11.8 Å². The molecule has 0 spiro atoms. The Labute approximate surface area is 215 Å². The predicted molar refractivity (Wildman–Crippen MR) is 149 cm³/mol. The van der Waals surface area contributed by atoms with Gasteiger partial charge in [-0.05, 0) is 73.6 Å². The van der Waals surface area contributed by atoms with Gasteiger partial charge in [0, 0.05) is 18.4 Å². The molecule has 2 aromatic carbocycles. The van der Waals surface area contributed by atoms with Crippen LogP contribution in [-0.4, -0.2) is 24.3 Å². The first kappa shape index (κ1) is 27.3. The van der Waals surface area contributed by atoms with Gasteiger partial charge in [0.1, 0.15) is 6.61 Å². The van der Waals surface area contributed by atoms with Crippen molar-refractivity contribution in [2.24, 2.45) is 0 Å². The monoisotopic (exact) mass is 487 g/mol. The van der Waals surface area contributed by atoms with Crippen molar-refractivity contribution < 1.29 is 13.9 Å². The second-order valence-electron chi connectivity index (χ2n) is 9.02. The van der Waals surface area contributed by atoms with E-state index >= 15 is 0 Å². The summed E-state index contributed by atoms with van der Waals surface area (Å²) in [5.74, 6) is -0.145. The molecule has 0 N–H and O–H groups in total. The highest BCUT2D eigenvalue weighted by molar-refractivity contribution is 5.70. The molecule has 1 unspecified atom stereocenters. The van der Waals surface area contributed by atoms with E-state index in [2.05, 4.69) is 43.6 Å². The molecule has 0 saturated carbocycles. The largest absolute Gasteiger partial charge is 0.486 e. The molecule has 1 atom stereocenters. The maximum Gasteiger partial charge on any atom is 0.165 e. The number of benzene rings is 2. The van der Waals surface area contributed by atoms with Crippen LogP contribution in [0.3, 0.4) is 0 Å². The topological polar surface area (TPSA) is 31.4 Å². The molecule has 0 aliphatic heterocycles. The first-order valence-electron chi connectivity index (χ1n) is 13.0. The molecular formula is C32H38FNO2. The SMILES string of the molecule is C=CCOc1ccc(-c2ccc(-c3ccc(/C=C/CCCC(C)OCCCCC)nc3)cc2)cc1F. The van der Waals surface area contributed by atoms with Crippen LogP contribution in [0.15, 0.2) is 79.5 Å². The molecular weight excluding hydrogens is 449 g/mol. The number of allylic oxidation sites excluding steroid dienone is 1. The smallest absolute Gasteiger partial charge is 0.165 e. The van der Waals surface area contributed by atoms with Crippen LogP contribution < -0.4 is 4.74 Å². The second kappa shape index (κ2) is 15.0. The van der Waals surface area contributed by atoms with Gasteiger partial charge in [-0.2, -0.15) is 0 Å². The second-order valence-corrected chi connectivity index (χ2v) is 9.02. The number of nitrogens with zero attached hydrogens (tertiary/aromatic N) is 1. The lowest BCUT2D eigenvalue weighted by atomic mass is 10.0. The van der Waals surface area contributed by atoms with Gasteiger partial charge in [0.25, 0.3) is 0 Å². The quantitative estimate of drug-likeness (QED) is 0.158. The molecule has 0 aliphatic rings. The summed E-state index contributed by atoms with van der Waals surface area (Å²) in [5.41, 5.74) is 4.82. The number of rotatable bonds is 15. The lowest BCUT2D eigenvalue weighted by Gasteiger charge is -2.11. The van der Waals surface area contributed by atoms with Crippen LogP contribution in [0.4, 0.5) is 4.39 Å². The summed E-state index contributed by atoms with van der Waals surface area (Å²) in [7, 11) is 0. The lowest BCUT2D eigenvalue weighted by Crippen LogP contribution is -2.08. The van der Waals surface area contributed by atoms with E-state index in [0.29, 0.717) is 6.10 Å². The molecule has 3 nitrogen and oxygen atoms in total. The average molecular weight is 488 g/mol. The molecule has 3 aromatic rings. The molecule has 1 aromatic heterocycles. The Bertz CT molecular complexity index is 1090. The fourth-order valence-corrected chi connectivity index (χ4v) is 3.92. The Balaban J connectivity index is 1.49. The highest BCUT2D eigenvalue weighted by Gasteiger charge is 2.07. The van der Waals surface area contributed by atoms with Crippen molar-refractivity contribution in [3.63, 3.8) is 0 Å². The van der Waals surface area contributed by atoms with Gasteiger partial charge in [-0.25, -0.2) is 4.39 Å². The maximum atomic E-state index is 14.3. The van der Waals surface area contributed by atoms with Crippen molar-refractivity contribution in [3.05, 3.63) is 91.0 Å². The van der Waals surface area contributed by atoms with E-state index in [9.17, 15) is 4.39 Å². The summed E-state index contributed by atoms with van der Waals surface area (Å²) in [4.78, 5) is 4.59. The Morgan fingerprint density at radius 3 is 2.33 bits per heavy atom. The van der Waals surface area contributed by atoms with Gasteiger partial charge in [0.2, 0.25) is 0 Å². The van der Waals surface area contributed by atoms with Crippen LogP contribution in [0.5, 0.6) is 5.75 Å². The molecule has 0 radical (unpaired) electrons. The number of hydrogen-bond donors (Lipinski definition) is 0. The highest BCUT2D eigenvalue weighted by atomic mass is 19.1. The van der Waals surface area contributed by atoms with Crippen molar-refractivity contribution in [3.8, 4) is 28.0 Å². The summed E-state index contributed by atoms with van der Waals surface area (Å²) in [5, 5.41) is 0. The molecule has 1 heterocycles. The van der Waals surface area contributed by atoms with Gasteiger partial charge in [-0.3, -0.25) is 4.98 Å². The lowest BCUT2D eigenvalue weighted by molar-refractivity contribution is 0.0566. The summed E-state index contributed by atoms with van der Waals surface area (Å²) in [6.45, 7) is 9.12. The van der Waals surface area contributed by atoms with Crippen LogP contribution in [0.2, 0.25) is 0 Å². The highest BCUT2D eigenvalue weighted by Crippen LogP contribution is 2.28. The average Bonchev–Trinajstić information content (AvgIpc) is 2.91. The number of aromatic nitrogens is 1. The third-order valence-corrected chi connectivity index (χ3v) is 6.05. The minimum atomic E-state index is -0.378. The van der Waals surface area contributed by atoms with Crippen molar-refractivity contribution in [2.75, 3.05) is 13.2 Å². The van der Waals surface area contributed by atoms with E-state index in [0.717, 1.165) is 60.2 Å². The van der Waals surface area contributed by atoms with E-state index in [1.165, 1.54) is 18.9 Å². The summed E-state index contributed by atoms with van der Waals surface area (Å²) >= 11 is 0. The molecule has 36 heavy (non-hydrogen) atoms. The molecule has 190 valence electrons. The molecule has 0 amide bonds. The van der Waals surface area contributed by atoms with Crippen LogP contribution in [-0.2, 0) is 4.74 Å². The number of ether oxygens (including phenoxy) is 2. The zero-order valence-corrected chi connectivity index (χ0v) is 21.6. The predicted octanol–water partition coefficient (Wildman–Crippen LogP) is 8.90. The van der Waals surface area contributed by atoms with Gasteiger partial charge in [-0.15, -0.1) is 0 Å². The Morgan fingerprint density at radius 2 is 1.67 bits per heavy atom. The molecule has 3 rings (SSSR count). The fraction of sp³-hybridized carbons (Fsp3) is 0.344. The van der Waals surface area contributed by atoms with Gasteiger partial charge >= 0.3 is 0 Å². The molecule has 0 saturated heterocycles. The van der Waals surface area contributed by atoms with Crippen LogP contribution in [0.1, 0.15) is 58.1 Å². The standard InChI is InChI=1S/C32H38FNO2/c1-4-6-10-22-35-25(3)11-8-7-9-12-30-19-17-29(24-34-30)27-15-13-26(14-16-27)28-18-20-32(31(33)23-28)36-21-5-2/h5,9,12-20,23-25H,2,4,6-8,10-11,21-22H2,1,3H3/b12-9+. The number of halogens is 1. The van der Waals surface area contributed by atoms with E-state index in [-0.39, 0.29) is 18.2 Å². The molecule has 0 fully saturated rings. The van der Waals surface area contributed by atoms with Gasteiger partial charge in [0.15, 0.2) is 11.6 Å². The van der Waals surface area contributed by atoms with Gasteiger partial charge < -0.3 is 9.47 Å². The van der Waals surface area contributed by atoms with Gasteiger partial charge in [-0.1, -0.05) is 74.9 Å². The minimum absolute atomic E-state index is 0.233. The summed E-state index contributed by atoms with van der Waals surface area (Å²) in [6, 6.07) is 17.2. The number of hydrogen-bond acceptors (Lipinski definition) is 3. The maximum absolute atomic E-state index is 14.3. The number of pyridine rings is 1. The Kier molecular flexibility index (Phi) is 11.4. The summed E-state index contributed by atoms with van der Waals surface area (Å²) in [6.07, 6.45) is 14.9. The van der Waals surface area contributed by atoms with Crippen LogP contribution >= 0.6 is 0 Å². The first-order valence-corrected chi connectivity index (χ1v) is 13.0. The Hall–Kier alpha value is -3.24. The third-order valence-electron chi connectivity index (χ3n) is 6.05. The third kappa shape index (κ3) is 8.76. The van der Waals surface area contributed by atoms with Crippen LogP contribution in [0, 0.1) is 5.82 Å². The number of unbranched alkanes of at least 4 members (excludes halogenated alkanes) is 3. The zero-order valence-electron chi connectivity index (χ0n) is 21.6. The van der Waals surface area contributed by atoms with Crippen molar-refractivity contribution >= 4 is 6.08 Å². The molecule has 0 aliphatic carbocycles. The fourth-order valence-electron chi connectivity index (χ4n) is 3.92. The van der Waals surface area contributed by atoms with E-state index < -0.39 is 0 Å². The molecule has 4 heteroatoms.